The molecule has 0 bridgehead atoms. The lowest BCUT2D eigenvalue weighted by Gasteiger charge is -2.10. The number of aromatic nitrogens is 2. The number of methoxy groups -OCH3 is 2. The molecule has 1 aromatic carbocycles. The minimum absolute atomic E-state index is 0.279. The van der Waals surface area contributed by atoms with Gasteiger partial charge in [-0.3, -0.25) is 4.79 Å². The number of rotatable bonds is 8. The van der Waals surface area contributed by atoms with E-state index in [0.717, 1.165) is 12.0 Å². The van der Waals surface area contributed by atoms with Gasteiger partial charge in [-0.15, -0.1) is 0 Å². The van der Waals surface area contributed by atoms with E-state index in [0.29, 0.717) is 41.0 Å². The Balaban J connectivity index is 1.58. The molecular formula is C20H22N4O4. The first-order valence-corrected chi connectivity index (χ1v) is 8.74. The fraction of sp³-hybridized carbons (Fsp3) is 0.250. The minimum Gasteiger partial charge on any atom is -0.493 e. The van der Waals surface area contributed by atoms with Crippen molar-refractivity contribution in [2.75, 3.05) is 31.4 Å². The number of carbonyl (C=O) groups excluding carboxylic acids is 1. The fourth-order valence-electron chi connectivity index (χ4n) is 2.65. The summed E-state index contributed by atoms with van der Waals surface area (Å²) < 4.78 is 15.5. The summed E-state index contributed by atoms with van der Waals surface area (Å²) in [5.41, 5.74) is 1.57. The van der Waals surface area contributed by atoms with Crippen LogP contribution in [0.2, 0.25) is 0 Å². The van der Waals surface area contributed by atoms with Crippen LogP contribution in [0.25, 0.3) is 0 Å². The van der Waals surface area contributed by atoms with Crippen molar-refractivity contribution in [2.45, 2.75) is 13.3 Å². The Kier molecular flexibility index (Phi) is 6.11. The molecule has 3 rings (SSSR count). The monoisotopic (exact) mass is 382 g/mol. The normalized spacial score (nSPS) is 10.4. The highest BCUT2D eigenvalue weighted by Crippen LogP contribution is 2.27. The molecule has 0 aliphatic carbocycles. The van der Waals surface area contributed by atoms with E-state index in [4.69, 9.17) is 14.0 Å². The second-order valence-corrected chi connectivity index (χ2v) is 6.07. The maximum atomic E-state index is 12.3. The van der Waals surface area contributed by atoms with Crippen LogP contribution in [-0.2, 0) is 6.42 Å². The Bertz CT molecular complexity index is 955. The molecule has 2 heterocycles. The Labute approximate surface area is 162 Å². The van der Waals surface area contributed by atoms with E-state index in [-0.39, 0.29) is 5.91 Å². The van der Waals surface area contributed by atoms with Gasteiger partial charge < -0.3 is 24.6 Å². The third-order valence-corrected chi connectivity index (χ3v) is 4.06. The Morgan fingerprint density at radius 2 is 1.89 bits per heavy atom. The zero-order valence-corrected chi connectivity index (χ0v) is 16.0. The lowest BCUT2D eigenvalue weighted by atomic mass is 10.1. The number of pyridine rings is 1. The van der Waals surface area contributed by atoms with E-state index in [1.807, 2.05) is 18.2 Å². The topological polar surface area (TPSA) is 98.5 Å². The smallest absolute Gasteiger partial charge is 0.257 e. The van der Waals surface area contributed by atoms with E-state index in [9.17, 15) is 4.79 Å². The van der Waals surface area contributed by atoms with Crippen LogP contribution < -0.4 is 20.1 Å². The molecule has 0 radical (unpaired) electrons. The second kappa shape index (κ2) is 8.90. The number of ether oxygens (including phenoxy) is 2. The number of hydrogen-bond donors (Lipinski definition) is 2. The molecule has 0 spiro atoms. The highest BCUT2D eigenvalue weighted by atomic mass is 16.5. The first-order chi connectivity index (χ1) is 13.6. The molecule has 0 fully saturated rings. The van der Waals surface area contributed by atoms with Crippen molar-refractivity contribution in [1.82, 2.24) is 10.1 Å². The van der Waals surface area contributed by atoms with Crippen molar-refractivity contribution >= 4 is 17.5 Å². The first kappa shape index (κ1) is 19.2. The molecule has 0 unspecified atom stereocenters. The quantitative estimate of drug-likeness (QED) is 0.617. The van der Waals surface area contributed by atoms with Gasteiger partial charge in [0.2, 0.25) is 0 Å². The summed E-state index contributed by atoms with van der Waals surface area (Å²) in [5.74, 6) is 2.73. The molecule has 2 N–H and O–H groups in total. The lowest BCUT2D eigenvalue weighted by molar-refractivity contribution is 0.102. The van der Waals surface area contributed by atoms with Gasteiger partial charge in [-0.1, -0.05) is 11.2 Å². The van der Waals surface area contributed by atoms with Gasteiger partial charge in [0.15, 0.2) is 17.3 Å². The predicted molar refractivity (Wildman–Crippen MR) is 105 cm³/mol. The third-order valence-electron chi connectivity index (χ3n) is 4.06. The number of nitrogens with zero attached hydrogens (tertiary/aromatic N) is 2. The standard InChI is InChI=1S/C20H22N4O4/c1-13-10-19(24-28-13)23-20(25)15-7-9-22-18(12-15)21-8-6-14-4-5-16(26-2)17(11-14)27-3/h4-5,7,9-12H,6,8H2,1-3H3,(H,21,22)(H,23,24,25). The van der Waals surface area contributed by atoms with Gasteiger partial charge in [0, 0.05) is 24.4 Å². The maximum absolute atomic E-state index is 12.3. The van der Waals surface area contributed by atoms with Gasteiger partial charge in [-0.25, -0.2) is 4.98 Å². The van der Waals surface area contributed by atoms with Crippen LogP contribution >= 0.6 is 0 Å². The largest absolute Gasteiger partial charge is 0.493 e. The summed E-state index contributed by atoms with van der Waals surface area (Å²) in [6.45, 7) is 2.41. The van der Waals surface area contributed by atoms with Crippen molar-refractivity contribution in [3.8, 4) is 11.5 Å². The second-order valence-electron chi connectivity index (χ2n) is 6.07. The first-order valence-electron chi connectivity index (χ1n) is 8.74. The molecule has 2 aromatic heterocycles. The fourth-order valence-corrected chi connectivity index (χ4v) is 2.65. The van der Waals surface area contributed by atoms with Gasteiger partial charge in [-0.05, 0) is 43.2 Å². The molecule has 1 amide bonds. The van der Waals surface area contributed by atoms with Crippen LogP contribution in [0.15, 0.2) is 47.1 Å². The number of anilines is 2. The molecule has 28 heavy (non-hydrogen) atoms. The summed E-state index contributed by atoms with van der Waals surface area (Å²) in [4.78, 5) is 16.6. The Morgan fingerprint density at radius 1 is 1.07 bits per heavy atom. The Morgan fingerprint density at radius 3 is 2.61 bits per heavy atom. The van der Waals surface area contributed by atoms with Gasteiger partial charge in [0.05, 0.1) is 14.2 Å². The van der Waals surface area contributed by atoms with Gasteiger partial charge in [0.25, 0.3) is 5.91 Å². The van der Waals surface area contributed by atoms with Crippen LogP contribution in [0.4, 0.5) is 11.6 Å². The highest BCUT2D eigenvalue weighted by Gasteiger charge is 2.10. The molecule has 8 heteroatoms. The maximum Gasteiger partial charge on any atom is 0.257 e. The number of amides is 1. The SMILES string of the molecule is COc1ccc(CCNc2cc(C(=O)Nc3cc(C)on3)ccn2)cc1OC. The zero-order chi connectivity index (χ0) is 19.9. The van der Waals surface area contributed by atoms with Gasteiger partial charge in [-0.2, -0.15) is 0 Å². The third kappa shape index (κ3) is 4.79. The summed E-state index contributed by atoms with van der Waals surface area (Å²) in [5, 5.41) is 9.67. The van der Waals surface area contributed by atoms with Crippen molar-refractivity contribution in [3.05, 3.63) is 59.5 Å². The molecule has 0 saturated heterocycles. The number of benzene rings is 1. The number of carbonyl (C=O) groups is 1. The summed E-state index contributed by atoms with van der Waals surface area (Å²) in [6.07, 6.45) is 2.35. The highest BCUT2D eigenvalue weighted by molar-refractivity contribution is 6.04. The average molecular weight is 382 g/mol. The molecule has 3 aromatic rings. The number of hydrogen-bond acceptors (Lipinski definition) is 7. The molecule has 0 aliphatic rings. The number of nitrogens with one attached hydrogen (secondary N) is 2. The average Bonchev–Trinajstić information content (AvgIpc) is 3.12. The van der Waals surface area contributed by atoms with Gasteiger partial charge >= 0.3 is 0 Å². The summed E-state index contributed by atoms with van der Waals surface area (Å²) >= 11 is 0. The Hall–Kier alpha value is -3.55. The zero-order valence-electron chi connectivity index (χ0n) is 16.0. The molecule has 0 aliphatic heterocycles. The molecule has 8 nitrogen and oxygen atoms in total. The van der Waals surface area contributed by atoms with E-state index < -0.39 is 0 Å². The molecule has 0 atom stereocenters. The predicted octanol–water partition coefficient (Wildman–Crippen LogP) is 3.30. The van der Waals surface area contributed by atoms with E-state index in [1.165, 1.54) is 0 Å². The van der Waals surface area contributed by atoms with Crippen molar-refractivity contribution in [3.63, 3.8) is 0 Å². The number of aryl methyl sites for hydroxylation is 1. The minimum atomic E-state index is -0.279. The van der Waals surface area contributed by atoms with Crippen LogP contribution in [0.3, 0.4) is 0 Å². The van der Waals surface area contributed by atoms with Crippen LogP contribution in [0.5, 0.6) is 11.5 Å². The lowest BCUT2D eigenvalue weighted by Crippen LogP contribution is -2.13. The van der Waals surface area contributed by atoms with Crippen LogP contribution in [-0.4, -0.2) is 36.8 Å². The molecule has 0 saturated carbocycles. The molecular weight excluding hydrogens is 360 g/mol. The van der Waals surface area contributed by atoms with E-state index >= 15 is 0 Å². The summed E-state index contributed by atoms with van der Waals surface area (Å²) in [7, 11) is 3.22. The van der Waals surface area contributed by atoms with Crippen molar-refractivity contribution in [1.29, 1.82) is 0 Å². The molecule has 146 valence electrons. The summed E-state index contributed by atoms with van der Waals surface area (Å²) in [6, 6.07) is 10.8. The van der Waals surface area contributed by atoms with E-state index in [2.05, 4.69) is 20.8 Å². The van der Waals surface area contributed by atoms with Crippen LogP contribution in [0, 0.1) is 6.92 Å². The van der Waals surface area contributed by atoms with E-state index in [1.54, 1.807) is 45.5 Å². The van der Waals surface area contributed by atoms with Gasteiger partial charge in [0.1, 0.15) is 11.6 Å². The van der Waals surface area contributed by atoms with Crippen molar-refractivity contribution in [2.24, 2.45) is 0 Å². The van der Waals surface area contributed by atoms with Crippen LogP contribution in [0.1, 0.15) is 21.7 Å². The van der Waals surface area contributed by atoms with Crippen molar-refractivity contribution < 1.29 is 18.8 Å².